The molecule has 3 aliphatic rings. The fraction of sp³-hybridized carbons (Fsp3) is 0.429. The average molecular weight is 295 g/mol. The molecule has 0 aromatic heterocycles. The minimum absolute atomic E-state index is 0.0530. The first kappa shape index (κ1) is 12.5. The summed E-state index contributed by atoms with van der Waals surface area (Å²) in [5.41, 5.74) is 0.119. The molecule has 0 N–H and O–H groups in total. The fourth-order valence-corrected chi connectivity index (χ4v) is 5.62. The van der Waals surface area contributed by atoms with Crippen LogP contribution in [0.1, 0.15) is 12.0 Å². The molecule has 6 heteroatoms. The molecule has 1 spiro atoms. The SMILES string of the molecule is O=S1(=O)[C@H]2C[C@@H]3C=C[C@@]2(CN1Cc1ccc(F)cc1)O3. The molecule has 3 aliphatic heterocycles. The van der Waals surface area contributed by atoms with E-state index in [1.54, 1.807) is 12.1 Å². The quantitative estimate of drug-likeness (QED) is 0.776. The Balaban J connectivity index is 1.64. The number of rotatable bonds is 2. The number of nitrogens with zero attached hydrogens (tertiary/aromatic N) is 1. The van der Waals surface area contributed by atoms with Crippen molar-refractivity contribution < 1.29 is 17.5 Å². The zero-order chi connectivity index (χ0) is 14.0. The lowest BCUT2D eigenvalue weighted by Crippen LogP contribution is -2.36. The topological polar surface area (TPSA) is 46.6 Å². The monoisotopic (exact) mass is 295 g/mol. The van der Waals surface area contributed by atoms with Crippen LogP contribution >= 0.6 is 0 Å². The summed E-state index contributed by atoms with van der Waals surface area (Å²) in [6.45, 7) is 0.618. The zero-order valence-corrected chi connectivity index (χ0v) is 11.5. The van der Waals surface area contributed by atoms with Crippen LogP contribution in [-0.4, -0.2) is 36.2 Å². The van der Waals surface area contributed by atoms with E-state index in [4.69, 9.17) is 4.74 Å². The summed E-state index contributed by atoms with van der Waals surface area (Å²) in [4.78, 5) is 0. The van der Waals surface area contributed by atoms with E-state index in [2.05, 4.69) is 0 Å². The minimum Gasteiger partial charge on any atom is -0.361 e. The maximum atomic E-state index is 12.9. The predicted octanol–water partition coefficient (Wildman–Crippen LogP) is 1.44. The number of sulfonamides is 1. The van der Waals surface area contributed by atoms with Crippen LogP contribution < -0.4 is 0 Å². The smallest absolute Gasteiger partial charge is 0.220 e. The molecule has 0 amide bonds. The van der Waals surface area contributed by atoms with Gasteiger partial charge in [0.15, 0.2) is 0 Å². The van der Waals surface area contributed by atoms with Crippen LogP contribution in [0.5, 0.6) is 0 Å². The van der Waals surface area contributed by atoms with E-state index in [0.717, 1.165) is 5.56 Å². The molecule has 0 unspecified atom stereocenters. The molecular weight excluding hydrogens is 281 g/mol. The molecule has 1 aromatic rings. The average Bonchev–Trinajstić information content (AvgIpc) is 3.03. The van der Waals surface area contributed by atoms with Crippen molar-refractivity contribution in [3.8, 4) is 0 Å². The molecule has 20 heavy (non-hydrogen) atoms. The van der Waals surface area contributed by atoms with E-state index in [0.29, 0.717) is 13.0 Å². The maximum Gasteiger partial charge on any atom is 0.220 e. The normalized spacial score (nSPS) is 37.5. The van der Waals surface area contributed by atoms with Crippen molar-refractivity contribution in [2.24, 2.45) is 0 Å². The van der Waals surface area contributed by atoms with Crippen molar-refractivity contribution in [3.63, 3.8) is 0 Å². The van der Waals surface area contributed by atoms with E-state index in [-0.39, 0.29) is 18.5 Å². The molecular formula is C14H14FNO3S. The third-order valence-electron chi connectivity index (χ3n) is 4.37. The summed E-state index contributed by atoms with van der Waals surface area (Å²) in [7, 11) is -3.35. The van der Waals surface area contributed by atoms with Crippen molar-refractivity contribution in [2.45, 2.75) is 29.9 Å². The van der Waals surface area contributed by atoms with Crippen LogP contribution in [0.3, 0.4) is 0 Å². The van der Waals surface area contributed by atoms with E-state index in [1.807, 2.05) is 12.2 Å². The van der Waals surface area contributed by atoms with Gasteiger partial charge in [-0.05, 0) is 24.1 Å². The first-order valence-electron chi connectivity index (χ1n) is 6.60. The van der Waals surface area contributed by atoms with E-state index in [1.165, 1.54) is 16.4 Å². The first-order valence-corrected chi connectivity index (χ1v) is 8.11. The van der Waals surface area contributed by atoms with Gasteiger partial charge in [-0.2, -0.15) is 4.31 Å². The minimum atomic E-state index is -3.35. The van der Waals surface area contributed by atoms with E-state index in [9.17, 15) is 12.8 Å². The number of hydrogen-bond donors (Lipinski definition) is 0. The lowest BCUT2D eigenvalue weighted by molar-refractivity contribution is 0.0298. The molecule has 3 heterocycles. The second kappa shape index (κ2) is 3.90. The van der Waals surface area contributed by atoms with Gasteiger partial charge in [0.25, 0.3) is 0 Å². The van der Waals surface area contributed by atoms with Gasteiger partial charge in [-0.3, -0.25) is 0 Å². The van der Waals surface area contributed by atoms with Crippen molar-refractivity contribution in [1.29, 1.82) is 0 Å². The lowest BCUT2D eigenvalue weighted by Gasteiger charge is -2.19. The third kappa shape index (κ3) is 1.62. The molecule has 0 radical (unpaired) electrons. The van der Waals surface area contributed by atoms with Gasteiger partial charge in [0, 0.05) is 13.1 Å². The Morgan fingerprint density at radius 3 is 2.75 bits per heavy atom. The van der Waals surface area contributed by atoms with Gasteiger partial charge in [-0.15, -0.1) is 0 Å². The molecule has 2 fully saturated rings. The summed E-state index contributed by atoms with van der Waals surface area (Å²) in [5.74, 6) is -0.321. The summed E-state index contributed by atoms with van der Waals surface area (Å²) in [6.07, 6.45) is 4.34. The Kier molecular flexibility index (Phi) is 2.44. The van der Waals surface area contributed by atoms with Gasteiger partial charge in [-0.1, -0.05) is 24.3 Å². The number of halogens is 1. The highest BCUT2D eigenvalue weighted by Crippen LogP contribution is 2.48. The highest BCUT2D eigenvalue weighted by Gasteiger charge is 2.63. The molecule has 4 nitrogen and oxygen atoms in total. The molecule has 2 saturated heterocycles. The Morgan fingerprint density at radius 2 is 2.10 bits per heavy atom. The third-order valence-corrected chi connectivity index (χ3v) is 6.66. The van der Waals surface area contributed by atoms with Crippen LogP contribution in [0.15, 0.2) is 36.4 Å². The van der Waals surface area contributed by atoms with Gasteiger partial charge >= 0.3 is 0 Å². The van der Waals surface area contributed by atoms with Crippen LogP contribution in [0.4, 0.5) is 4.39 Å². The largest absolute Gasteiger partial charge is 0.361 e. The summed E-state index contributed by atoms with van der Waals surface area (Å²) < 4.78 is 45.3. The van der Waals surface area contributed by atoms with Crippen LogP contribution in [0.25, 0.3) is 0 Å². The predicted molar refractivity (Wildman–Crippen MR) is 70.9 cm³/mol. The molecule has 106 valence electrons. The molecule has 1 aromatic carbocycles. The zero-order valence-electron chi connectivity index (χ0n) is 10.7. The highest BCUT2D eigenvalue weighted by molar-refractivity contribution is 7.90. The molecule has 2 bridgehead atoms. The van der Waals surface area contributed by atoms with Gasteiger partial charge in [0.05, 0.1) is 6.10 Å². The van der Waals surface area contributed by atoms with Gasteiger partial charge < -0.3 is 4.74 Å². The Hall–Kier alpha value is -1.24. The van der Waals surface area contributed by atoms with Gasteiger partial charge in [0.1, 0.15) is 16.7 Å². The second-order valence-corrected chi connectivity index (χ2v) is 7.75. The first-order chi connectivity index (χ1) is 9.49. The summed E-state index contributed by atoms with van der Waals surface area (Å²) in [6, 6.07) is 5.92. The lowest BCUT2D eigenvalue weighted by atomic mass is 9.94. The van der Waals surface area contributed by atoms with Gasteiger partial charge in [-0.25, -0.2) is 12.8 Å². The summed E-state index contributed by atoms with van der Waals surface area (Å²) in [5, 5.41) is -0.467. The van der Waals surface area contributed by atoms with Gasteiger partial charge in [0.2, 0.25) is 10.0 Å². The number of hydrogen-bond acceptors (Lipinski definition) is 3. The number of ether oxygens (including phenoxy) is 1. The highest BCUT2D eigenvalue weighted by atomic mass is 32.2. The maximum absolute atomic E-state index is 12.9. The number of fused-ring (bicyclic) bond motifs is 1. The molecule has 0 aliphatic carbocycles. The Morgan fingerprint density at radius 1 is 1.35 bits per heavy atom. The molecule has 3 atom stereocenters. The van der Waals surface area contributed by atoms with Crippen molar-refractivity contribution in [1.82, 2.24) is 4.31 Å². The van der Waals surface area contributed by atoms with Crippen LogP contribution in [-0.2, 0) is 21.3 Å². The molecule has 0 saturated carbocycles. The van der Waals surface area contributed by atoms with E-state index >= 15 is 0 Å². The summed E-state index contributed by atoms with van der Waals surface area (Å²) >= 11 is 0. The van der Waals surface area contributed by atoms with E-state index < -0.39 is 20.9 Å². The number of benzene rings is 1. The van der Waals surface area contributed by atoms with Crippen molar-refractivity contribution >= 4 is 10.0 Å². The standard InChI is InChI=1S/C14H14FNO3S/c15-11-3-1-10(2-4-11)8-16-9-14-6-5-12(19-14)7-13(14)20(16,17)18/h1-6,12-13H,7-9H2/t12-,13-,14-/m0/s1. The Labute approximate surface area is 116 Å². The molecule has 4 rings (SSSR count). The van der Waals surface area contributed by atoms with Crippen molar-refractivity contribution in [2.75, 3.05) is 6.54 Å². The van der Waals surface area contributed by atoms with Crippen LogP contribution in [0, 0.1) is 5.82 Å². The van der Waals surface area contributed by atoms with Crippen molar-refractivity contribution in [3.05, 3.63) is 47.8 Å². The Bertz CT molecular complexity index is 685. The fourth-order valence-electron chi connectivity index (χ4n) is 3.40. The second-order valence-electron chi connectivity index (χ2n) is 5.63. The van der Waals surface area contributed by atoms with Crippen LogP contribution in [0.2, 0.25) is 0 Å².